The number of amides is 2. The summed E-state index contributed by atoms with van der Waals surface area (Å²) in [4.78, 5) is 52.6. The predicted octanol–water partition coefficient (Wildman–Crippen LogP) is 5.24. The maximum absolute atomic E-state index is 15.0. The molecule has 0 N–H and O–H groups in total. The van der Waals surface area contributed by atoms with E-state index in [0.29, 0.717) is 22.9 Å². The highest BCUT2D eigenvalue weighted by atomic mass is 32.3. The number of piperazine rings is 1. The first-order valence-electron chi connectivity index (χ1n) is 18.6. The Labute approximate surface area is 326 Å². The Kier molecular flexibility index (Phi) is 11.3. The van der Waals surface area contributed by atoms with E-state index in [1.165, 1.54) is 34.4 Å². The molecule has 3 atom stereocenters. The maximum atomic E-state index is 15.0. The Morgan fingerprint density at radius 2 is 1.62 bits per heavy atom. The van der Waals surface area contributed by atoms with Crippen molar-refractivity contribution in [1.29, 1.82) is 0 Å². The number of hydrogen-bond acceptors (Lipinski definition) is 10. The summed E-state index contributed by atoms with van der Waals surface area (Å²) >= 11 is 0. The maximum Gasteiger partial charge on any atom is 0.275 e. The number of nitrogens with zero attached hydrogens (tertiary/aromatic N) is 7. The summed E-state index contributed by atoms with van der Waals surface area (Å²) in [6, 6.07) is 18.9. The second-order valence-corrected chi connectivity index (χ2v) is 17.8. The van der Waals surface area contributed by atoms with Crippen molar-refractivity contribution in [2.75, 3.05) is 75.6 Å². The molecule has 3 aliphatic heterocycles. The van der Waals surface area contributed by atoms with Gasteiger partial charge in [-0.25, -0.2) is 18.4 Å². The third-order valence-corrected chi connectivity index (χ3v) is 14.2. The van der Waals surface area contributed by atoms with E-state index in [9.17, 15) is 23.2 Å². The van der Waals surface area contributed by atoms with Crippen LogP contribution in [-0.4, -0.2) is 119 Å². The summed E-state index contributed by atoms with van der Waals surface area (Å²) in [5, 5.41) is 3.70. The number of carbonyl (C=O) groups excluding carboxylic acids is 3. The zero-order valence-corrected chi connectivity index (χ0v) is 32.8. The molecule has 7 rings (SSSR count). The van der Waals surface area contributed by atoms with Crippen molar-refractivity contribution in [2.45, 2.75) is 49.6 Å². The summed E-state index contributed by atoms with van der Waals surface area (Å²) in [5.74, 6) is -0.679. The fraction of sp³-hybridized carbons (Fsp3) is 0.425. The van der Waals surface area contributed by atoms with E-state index in [1.807, 2.05) is 62.4 Å². The molecular formula is C40H47F2N7O6S. The summed E-state index contributed by atoms with van der Waals surface area (Å²) < 4.78 is 48.4. The number of rotatable bonds is 12. The quantitative estimate of drug-likeness (QED) is 0.176. The van der Waals surface area contributed by atoms with E-state index in [2.05, 4.69) is 19.9 Å². The highest BCUT2D eigenvalue weighted by Gasteiger charge is 2.50. The molecule has 1 unspecified atom stereocenters. The third-order valence-electron chi connectivity index (χ3n) is 10.6. The van der Waals surface area contributed by atoms with Crippen molar-refractivity contribution in [3.05, 3.63) is 96.6 Å². The van der Waals surface area contributed by atoms with E-state index in [-0.39, 0.29) is 54.0 Å². The molecule has 4 heterocycles. The zero-order valence-electron chi connectivity index (χ0n) is 32.0. The number of ether oxygens (including phenoxy) is 3. The molecule has 16 heteroatoms. The highest BCUT2D eigenvalue weighted by molar-refractivity contribution is 8.55. The van der Waals surface area contributed by atoms with Crippen molar-refractivity contribution >= 4 is 37.7 Å². The van der Waals surface area contributed by atoms with Crippen molar-refractivity contribution in [3.63, 3.8) is 0 Å². The summed E-state index contributed by atoms with van der Waals surface area (Å²) in [6.07, 6.45) is 1.77. The van der Waals surface area contributed by atoms with Crippen LogP contribution in [-0.2, 0) is 31.2 Å². The van der Waals surface area contributed by atoms with Gasteiger partial charge in [-0.2, -0.15) is 5.10 Å². The van der Waals surface area contributed by atoms with Gasteiger partial charge in [0.25, 0.3) is 5.24 Å². The van der Waals surface area contributed by atoms with Crippen LogP contribution in [0.4, 0.5) is 25.0 Å². The molecule has 56 heavy (non-hydrogen) atoms. The lowest BCUT2D eigenvalue weighted by molar-refractivity contribution is -0.131. The number of carbonyl (C=O) groups is 3. The monoisotopic (exact) mass is 791 g/mol. The van der Waals surface area contributed by atoms with Crippen LogP contribution < -0.4 is 14.5 Å². The van der Waals surface area contributed by atoms with Crippen LogP contribution in [0.1, 0.15) is 25.8 Å². The molecule has 1 aromatic heterocycles. The summed E-state index contributed by atoms with van der Waals surface area (Å²) in [7, 11) is 0.702. The fourth-order valence-corrected chi connectivity index (χ4v) is 10.9. The summed E-state index contributed by atoms with van der Waals surface area (Å²) in [5.41, 5.74) is 0.963. The molecule has 4 aromatic rings. The minimum absolute atomic E-state index is 0.00984. The molecule has 0 bridgehead atoms. The van der Waals surface area contributed by atoms with Crippen molar-refractivity contribution in [3.8, 4) is 5.75 Å². The van der Waals surface area contributed by atoms with Gasteiger partial charge in [-0.1, -0.05) is 16.1 Å². The van der Waals surface area contributed by atoms with E-state index in [4.69, 9.17) is 14.2 Å². The molecule has 3 aliphatic rings. The smallest absolute Gasteiger partial charge is 0.275 e. The molecule has 0 saturated carbocycles. The SMILES string of the molecule is CC(C)N1CCS(C(=O)CC(=O)N(C)C)(c2ccc(N3CCN(c4ccc(OC[C@H]5OC[C@](Cn6cncn6)(c6ccc(F)cc6F)O5)cc4)CC3)cc2)C1=O. The van der Waals surface area contributed by atoms with Crippen molar-refractivity contribution < 1.29 is 37.4 Å². The average Bonchev–Trinajstić information content (AvgIpc) is 3.94. The van der Waals surface area contributed by atoms with Gasteiger partial charge in [0.05, 0.1) is 19.6 Å². The molecule has 2 amide bonds. The number of aromatic nitrogens is 3. The molecule has 13 nitrogen and oxygen atoms in total. The summed E-state index contributed by atoms with van der Waals surface area (Å²) in [6.45, 7) is 7.67. The Morgan fingerprint density at radius 1 is 0.964 bits per heavy atom. The number of benzene rings is 3. The van der Waals surface area contributed by atoms with E-state index in [1.54, 1.807) is 19.0 Å². The number of hydrogen-bond donors (Lipinski definition) is 0. The normalized spacial score (nSPS) is 23.7. The number of halogens is 2. The third kappa shape index (κ3) is 7.82. The standard InChI is InChI=1S/C40H47F2N7O6S/c1-28(2)49-19-20-56(39(49)52,37(51)22-36(50)45(3)4)33-12-8-31(9-13-33)47-17-15-46(16-18-47)30-6-10-32(11-7-30)53-23-38-54-25-40(55-38,24-48-27-43-26-44-48)34-14-5-29(41)21-35(34)42/h5-14,21,26-28,38H,15-20,22-25H2,1-4H3/t38-,40+/m0/s1. The molecule has 0 aliphatic carbocycles. The average molecular weight is 792 g/mol. The van der Waals surface area contributed by atoms with Crippen LogP contribution in [0.2, 0.25) is 0 Å². The Morgan fingerprint density at radius 3 is 2.20 bits per heavy atom. The highest BCUT2D eigenvalue weighted by Crippen LogP contribution is 2.62. The van der Waals surface area contributed by atoms with Gasteiger partial charge in [0.15, 0.2) is 11.4 Å². The van der Waals surface area contributed by atoms with Crippen LogP contribution in [0.15, 0.2) is 84.3 Å². The number of anilines is 2. The lowest BCUT2D eigenvalue weighted by atomic mass is 9.94. The Hall–Kier alpha value is -5.06. The van der Waals surface area contributed by atoms with Crippen molar-refractivity contribution in [2.24, 2.45) is 0 Å². The molecule has 298 valence electrons. The largest absolute Gasteiger partial charge is 0.488 e. The van der Waals surface area contributed by atoms with E-state index >= 15 is 0 Å². The van der Waals surface area contributed by atoms with Crippen LogP contribution in [0.5, 0.6) is 5.75 Å². The first-order valence-corrected chi connectivity index (χ1v) is 20.4. The van der Waals surface area contributed by atoms with Crippen LogP contribution in [0, 0.1) is 11.6 Å². The minimum Gasteiger partial charge on any atom is -0.488 e. The Balaban J connectivity index is 0.947. The zero-order chi connectivity index (χ0) is 39.6. The van der Waals surface area contributed by atoms with E-state index in [0.717, 1.165) is 43.6 Å². The molecule has 3 fully saturated rings. The second-order valence-electron chi connectivity index (χ2n) is 14.7. The van der Waals surface area contributed by atoms with Gasteiger partial charge in [-0.05, 0) is 68.4 Å². The first kappa shape index (κ1) is 39.2. The fourth-order valence-electron chi connectivity index (χ4n) is 7.45. The van der Waals surface area contributed by atoms with Crippen LogP contribution >= 0.6 is 10.0 Å². The lowest BCUT2D eigenvalue weighted by Gasteiger charge is -2.38. The van der Waals surface area contributed by atoms with Gasteiger partial charge in [0.2, 0.25) is 5.91 Å². The predicted molar refractivity (Wildman–Crippen MR) is 208 cm³/mol. The molecule has 0 radical (unpaired) electrons. The van der Waals surface area contributed by atoms with Crippen LogP contribution in [0.3, 0.4) is 0 Å². The molecule has 0 spiro atoms. The molecule has 3 saturated heterocycles. The Bertz CT molecular complexity index is 2030. The van der Waals surface area contributed by atoms with Gasteiger partial charge in [-0.3, -0.25) is 14.4 Å². The van der Waals surface area contributed by atoms with Gasteiger partial charge >= 0.3 is 0 Å². The van der Waals surface area contributed by atoms with Gasteiger partial charge in [0, 0.05) is 86.5 Å². The molecular weight excluding hydrogens is 745 g/mol. The first-order chi connectivity index (χ1) is 26.9. The minimum atomic E-state index is -2.54. The van der Waals surface area contributed by atoms with Gasteiger partial charge in [-0.15, -0.1) is 0 Å². The van der Waals surface area contributed by atoms with Gasteiger partial charge < -0.3 is 33.8 Å². The van der Waals surface area contributed by atoms with E-state index < -0.39 is 33.6 Å². The van der Waals surface area contributed by atoms with Crippen LogP contribution in [0.25, 0.3) is 0 Å². The van der Waals surface area contributed by atoms with Crippen molar-refractivity contribution in [1.82, 2.24) is 24.6 Å². The molecule has 3 aromatic carbocycles. The lowest BCUT2D eigenvalue weighted by Crippen LogP contribution is -2.46. The van der Waals surface area contributed by atoms with Gasteiger partial charge in [0.1, 0.15) is 42.2 Å². The topological polar surface area (TPSA) is 123 Å². The second kappa shape index (κ2) is 16.2.